The Hall–Kier alpha value is -1.24. The average Bonchev–Trinajstić information content (AvgIpc) is 2.32. The van der Waals surface area contributed by atoms with E-state index < -0.39 is 5.66 Å². The molecule has 0 heterocycles. The van der Waals surface area contributed by atoms with Crippen LogP contribution in [0, 0.1) is 0 Å². The molecule has 70 valence electrons. The van der Waals surface area contributed by atoms with E-state index in [-0.39, 0.29) is 0 Å². The molecule has 0 N–H and O–H groups in total. The van der Waals surface area contributed by atoms with E-state index >= 15 is 0 Å². The molecular weight excluding hydrogens is 168 g/mol. The Bertz CT molecular complexity index is 235. The predicted octanol–water partition coefficient (Wildman–Crippen LogP) is 1.71. The molecule has 0 unspecified atom stereocenters. The number of hydrogen-bond acceptors (Lipinski definition) is 4. The van der Waals surface area contributed by atoms with Crippen LogP contribution < -0.4 is 0 Å². The first-order valence-electron chi connectivity index (χ1n) is 4.51. The average molecular weight is 180 g/mol. The second kappa shape index (κ2) is 4.70. The van der Waals surface area contributed by atoms with Gasteiger partial charge >= 0.3 is 0 Å². The van der Waals surface area contributed by atoms with Crippen LogP contribution in [-0.4, -0.2) is 17.8 Å². The lowest BCUT2D eigenvalue weighted by molar-refractivity contribution is 0.386. The minimum atomic E-state index is -0.833. The summed E-state index contributed by atoms with van der Waals surface area (Å²) in [7, 11) is 0. The third-order valence-electron chi connectivity index (χ3n) is 2.41. The van der Waals surface area contributed by atoms with Crippen LogP contribution in [0.2, 0.25) is 0 Å². The van der Waals surface area contributed by atoms with Gasteiger partial charge < -0.3 is 0 Å². The molecule has 0 atom stereocenters. The number of nitrogens with zero attached hydrogens (tertiary/aromatic N) is 2. The molecule has 13 heavy (non-hydrogen) atoms. The molecule has 1 aliphatic rings. The smallest absolute Gasteiger partial charge is 0.211 e. The van der Waals surface area contributed by atoms with E-state index in [4.69, 9.17) is 0 Å². The fourth-order valence-electron chi connectivity index (χ4n) is 1.71. The Kier molecular flexibility index (Phi) is 3.56. The number of isocyanates is 2. The minimum absolute atomic E-state index is 0.664. The summed E-state index contributed by atoms with van der Waals surface area (Å²) in [6, 6.07) is 0. The molecule has 1 aliphatic carbocycles. The molecule has 0 aromatic rings. The van der Waals surface area contributed by atoms with E-state index in [9.17, 15) is 9.59 Å². The highest BCUT2D eigenvalue weighted by atomic mass is 16.1. The van der Waals surface area contributed by atoms with Crippen LogP contribution in [0.4, 0.5) is 0 Å². The zero-order chi connectivity index (χ0) is 9.57. The van der Waals surface area contributed by atoms with Crippen LogP contribution in [0.5, 0.6) is 0 Å². The van der Waals surface area contributed by atoms with E-state index in [0.717, 1.165) is 25.7 Å². The molecule has 4 nitrogen and oxygen atoms in total. The third kappa shape index (κ3) is 2.62. The maximum absolute atomic E-state index is 10.2. The molecule has 0 amide bonds. The largest absolute Gasteiger partial charge is 0.237 e. The van der Waals surface area contributed by atoms with Gasteiger partial charge in [-0.3, -0.25) is 0 Å². The van der Waals surface area contributed by atoms with Crippen molar-refractivity contribution in [2.75, 3.05) is 0 Å². The maximum atomic E-state index is 10.2. The molecule has 1 fully saturated rings. The van der Waals surface area contributed by atoms with Crippen molar-refractivity contribution in [3.63, 3.8) is 0 Å². The van der Waals surface area contributed by atoms with Crippen LogP contribution in [0.25, 0.3) is 0 Å². The highest BCUT2D eigenvalue weighted by Crippen LogP contribution is 2.30. The lowest BCUT2D eigenvalue weighted by atomic mass is 10.0. The zero-order valence-corrected chi connectivity index (χ0v) is 7.45. The maximum Gasteiger partial charge on any atom is 0.237 e. The highest BCUT2D eigenvalue weighted by Gasteiger charge is 2.29. The van der Waals surface area contributed by atoms with E-state index in [1.54, 1.807) is 0 Å². The Morgan fingerprint density at radius 3 is 1.69 bits per heavy atom. The number of rotatable bonds is 2. The molecule has 4 heteroatoms. The Morgan fingerprint density at radius 2 is 1.31 bits per heavy atom. The van der Waals surface area contributed by atoms with Crippen molar-refractivity contribution in [2.45, 2.75) is 44.2 Å². The third-order valence-corrected chi connectivity index (χ3v) is 2.41. The molecule has 0 bridgehead atoms. The standard InChI is InChI=1S/C9H12N2O2/c12-7-10-9(11-8-13)5-3-1-2-4-6-9/h1-6H2. The quantitative estimate of drug-likeness (QED) is 0.369. The van der Waals surface area contributed by atoms with Gasteiger partial charge in [-0.2, -0.15) is 9.98 Å². The summed E-state index contributed by atoms with van der Waals surface area (Å²) in [6.45, 7) is 0. The molecule has 0 aliphatic heterocycles. The van der Waals surface area contributed by atoms with Crippen LogP contribution in [-0.2, 0) is 9.59 Å². The van der Waals surface area contributed by atoms with Crippen molar-refractivity contribution in [1.29, 1.82) is 0 Å². The molecular formula is C9H12N2O2. The first-order valence-corrected chi connectivity index (χ1v) is 4.51. The van der Waals surface area contributed by atoms with Gasteiger partial charge in [0.2, 0.25) is 12.2 Å². The number of hydrogen-bond donors (Lipinski definition) is 0. The van der Waals surface area contributed by atoms with Crippen molar-refractivity contribution in [2.24, 2.45) is 9.98 Å². The number of aliphatic imine (C=N–C) groups is 2. The van der Waals surface area contributed by atoms with Gasteiger partial charge in [0, 0.05) is 0 Å². The van der Waals surface area contributed by atoms with Crippen LogP contribution >= 0.6 is 0 Å². The molecule has 0 aromatic heterocycles. The van der Waals surface area contributed by atoms with E-state index in [2.05, 4.69) is 9.98 Å². The topological polar surface area (TPSA) is 58.9 Å². The van der Waals surface area contributed by atoms with E-state index in [1.807, 2.05) is 0 Å². The summed E-state index contributed by atoms with van der Waals surface area (Å²) in [4.78, 5) is 27.6. The first kappa shape index (κ1) is 9.85. The summed E-state index contributed by atoms with van der Waals surface area (Å²) < 4.78 is 0. The summed E-state index contributed by atoms with van der Waals surface area (Å²) in [6.07, 6.45) is 8.46. The fraction of sp³-hybridized carbons (Fsp3) is 0.778. The Labute approximate surface area is 76.8 Å². The van der Waals surface area contributed by atoms with Crippen LogP contribution in [0.1, 0.15) is 38.5 Å². The molecule has 0 saturated heterocycles. The molecule has 1 rings (SSSR count). The van der Waals surface area contributed by atoms with Gasteiger partial charge in [-0.25, -0.2) is 9.59 Å². The van der Waals surface area contributed by atoms with E-state index in [1.165, 1.54) is 12.2 Å². The summed E-state index contributed by atoms with van der Waals surface area (Å²) in [5.41, 5.74) is -0.833. The monoisotopic (exact) mass is 180 g/mol. The minimum Gasteiger partial charge on any atom is -0.211 e. The summed E-state index contributed by atoms with van der Waals surface area (Å²) in [5.74, 6) is 0. The number of carbonyl (C=O) groups excluding carboxylic acids is 2. The summed E-state index contributed by atoms with van der Waals surface area (Å²) in [5, 5.41) is 0. The molecule has 0 radical (unpaired) electrons. The predicted molar refractivity (Wildman–Crippen MR) is 46.7 cm³/mol. The van der Waals surface area contributed by atoms with Gasteiger partial charge in [0.05, 0.1) is 0 Å². The van der Waals surface area contributed by atoms with Crippen molar-refractivity contribution >= 4 is 12.2 Å². The van der Waals surface area contributed by atoms with Gasteiger partial charge in [-0.1, -0.05) is 12.8 Å². The van der Waals surface area contributed by atoms with Gasteiger partial charge in [0.25, 0.3) is 0 Å². The SMILES string of the molecule is O=C=NC1(N=C=O)CCCCCC1. The van der Waals surface area contributed by atoms with Crippen molar-refractivity contribution in [1.82, 2.24) is 0 Å². The second-order valence-electron chi connectivity index (χ2n) is 3.30. The fourth-order valence-corrected chi connectivity index (χ4v) is 1.71. The van der Waals surface area contributed by atoms with Gasteiger partial charge in [0.1, 0.15) is 0 Å². The van der Waals surface area contributed by atoms with Gasteiger partial charge in [-0.05, 0) is 25.7 Å². The van der Waals surface area contributed by atoms with Gasteiger partial charge in [0.15, 0.2) is 5.66 Å². The zero-order valence-electron chi connectivity index (χ0n) is 7.45. The normalized spacial score (nSPS) is 20.6. The lowest BCUT2D eigenvalue weighted by Crippen LogP contribution is -2.22. The van der Waals surface area contributed by atoms with E-state index in [0.29, 0.717) is 12.8 Å². The first-order chi connectivity index (χ1) is 6.33. The Morgan fingerprint density at radius 1 is 0.846 bits per heavy atom. The van der Waals surface area contributed by atoms with Crippen LogP contribution in [0.3, 0.4) is 0 Å². The summed E-state index contributed by atoms with van der Waals surface area (Å²) >= 11 is 0. The lowest BCUT2D eigenvalue weighted by Gasteiger charge is -2.18. The molecule has 0 spiro atoms. The van der Waals surface area contributed by atoms with Crippen LogP contribution in [0.15, 0.2) is 9.98 Å². The van der Waals surface area contributed by atoms with Crippen molar-refractivity contribution in [3.05, 3.63) is 0 Å². The Balaban J connectivity index is 2.85. The molecule has 1 saturated carbocycles. The highest BCUT2D eigenvalue weighted by molar-refractivity contribution is 5.39. The van der Waals surface area contributed by atoms with Crippen molar-refractivity contribution in [3.8, 4) is 0 Å². The van der Waals surface area contributed by atoms with Gasteiger partial charge in [-0.15, -0.1) is 0 Å². The second-order valence-corrected chi connectivity index (χ2v) is 3.30. The van der Waals surface area contributed by atoms with Crippen molar-refractivity contribution < 1.29 is 9.59 Å². The molecule has 0 aromatic carbocycles.